The van der Waals surface area contributed by atoms with Crippen molar-refractivity contribution in [3.63, 3.8) is 0 Å². The molecule has 4 rings (SSSR count). The van der Waals surface area contributed by atoms with Crippen molar-refractivity contribution in [1.82, 2.24) is 9.80 Å². The summed E-state index contributed by atoms with van der Waals surface area (Å²) in [5.41, 5.74) is 1.55. The minimum atomic E-state index is -0.341. The molecule has 3 aromatic rings. The molecule has 1 unspecified atom stereocenters. The van der Waals surface area contributed by atoms with Crippen molar-refractivity contribution in [3.05, 3.63) is 82.0 Å². The molecular weight excluding hydrogens is 422 g/mol. The number of ether oxygens (including phenoxy) is 2. The highest BCUT2D eigenvalue weighted by Crippen LogP contribution is 2.25. The number of methoxy groups -OCH3 is 1. The Labute approximate surface area is 192 Å². The van der Waals surface area contributed by atoms with Gasteiger partial charge in [-0.05, 0) is 47.3 Å². The number of thiophene rings is 1. The molecule has 0 bridgehead atoms. The van der Waals surface area contributed by atoms with Gasteiger partial charge >= 0.3 is 0 Å². The van der Waals surface area contributed by atoms with E-state index in [2.05, 4.69) is 11.0 Å². The van der Waals surface area contributed by atoms with Crippen LogP contribution in [0.1, 0.15) is 26.8 Å². The lowest BCUT2D eigenvalue weighted by atomic mass is 10.1. The molecule has 0 spiro atoms. The van der Waals surface area contributed by atoms with Gasteiger partial charge in [-0.1, -0.05) is 24.3 Å². The van der Waals surface area contributed by atoms with Crippen molar-refractivity contribution in [2.45, 2.75) is 12.6 Å². The molecule has 32 heavy (non-hydrogen) atoms. The van der Waals surface area contributed by atoms with E-state index in [9.17, 15) is 10.1 Å². The van der Waals surface area contributed by atoms with Gasteiger partial charge in [-0.3, -0.25) is 9.69 Å². The first-order valence-electron chi connectivity index (χ1n) is 10.5. The molecule has 2 aromatic carbocycles. The van der Waals surface area contributed by atoms with Gasteiger partial charge in [-0.25, -0.2) is 0 Å². The third kappa shape index (κ3) is 5.10. The molecule has 0 radical (unpaired) electrons. The van der Waals surface area contributed by atoms with Crippen molar-refractivity contribution >= 4 is 17.2 Å². The van der Waals surface area contributed by atoms with Crippen molar-refractivity contribution < 1.29 is 14.3 Å². The molecule has 1 saturated heterocycles. The number of carbonyl (C=O) groups excluding carboxylic acids is 1. The highest BCUT2D eigenvalue weighted by molar-refractivity contribution is 7.09. The number of amides is 1. The van der Waals surface area contributed by atoms with E-state index in [0.717, 1.165) is 16.2 Å². The van der Waals surface area contributed by atoms with E-state index < -0.39 is 0 Å². The fraction of sp³-hybridized carbons (Fsp3) is 0.280. The highest BCUT2D eigenvalue weighted by Gasteiger charge is 2.27. The Balaban J connectivity index is 1.35. The standard InChI is InChI=1S/C25H25N3O3S/c1-30-21-9-7-19(8-10-21)24(17-26)27-11-13-28(14-12-27)25(29)20-4-2-5-22(16-20)31-18-23-6-3-15-32-23/h2-10,15-16,24H,11-14,18H2,1H3. The monoisotopic (exact) mass is 447 g/mol. The molecule has 0 N–H and O–H groups in total. The third-order valence-corrected chi connectivity index (χ3v) is 6.41. The Morgan fingerprint density at radius 1 is 1.06 bits per heavy atom. The summed E-state index contributed by atoms with van der Waals surface area (Å²) in [6, 6.07) is 21.0. The number of hydrogen-bond acceptors (Lipinski definition) is 6. The minimum absolute atomic E-state index is 0.0100. The maximum Gasteiger partial charge on any atom is 0.254 e. The molecular formula is C25H25N3O3S. The molecule has 2 heterocycles. The third-order valence-electron chi connectivity index (χ3n) is 5.56. The quantitative estimate of drug-likeness (QED) is 0.538. The van der Waals surface area contributed by atoms with Gasteiger partial charge in [0.15, 0.2) is 0 Å². The van der Waals surface area contributed by atoms with Crippen molar-refractivity contribution in [1.29, 1.82) is 5.26 Å². The van der Waals surface area contributed by atoms with E-state index in [1.54, 1.807) is 24.5 Å². The molecule has 0 aliphatic carbocycles. The fourth-order valence-electron chi connectivity index (χ4n) is 3.79. The van der Waals surface area contributed by atoms with Gasteiger partial charge in [0.2, 0.25) is 0 Å². The van der Waals surface area contributed by atoms with Gasteiger partial charge in [0.05, 0.1) is 13.2 Å². The second-order valence-electron chi connectivity index (χ2n) is 7.53. The molecule has 1 atom stereocenters. The fourth-order valence-corrected chi connectivity index (χ4v) is 4.40. The topological polar surface area (TPSA) is 65.8 Å². The Morgan fingerprint density at radius 3 is 2.50 bits per heavy atom. The number of hydrogen-bond donors (Lipinski definition) is 0. The van der Waals surface area contributed by atoms with E-state index in [1.165, 1.54) is 0 Å². The van der Waals surface area contributed by atoms with Crippen LogP contribution < -0.4 is 9.47 Å². The lowest BCUT2D eigenvalue weighted by molar-refractivity contribution is 0.0606. The maximum absolute atomic E-state index is 13.0. The van der Waals surface area contributed by atoms with Crippen LogP contribution in [0, 0.1) is 11.3 Å². The van der Waals surface area contributed by atoms with Gasteiger partial charge in [-0.15, -0.1) is 11.3 Å². The van der Waals surface area contributed by atoms with Crippen LogP contribution in [0.25, 0.3) is 0 Å². The van der Waals surface area contributed by atoms with Crippen LogP contribution >= 0.6 is 11.3 Å². The van der Waals surface area contributed by atoms with Crippen LogP contribution in [0.15, 0.2) is 66.0 Å². The predicted octanol–water partition coefficient (Wildman–Crippen LogP) is 4.36. The van der Waals surface area contributed by atoms with Gasteiger partial charge in [0, 0.05) is 36.6 Å². The maximum atomic E-state index is 13.0. The summed E-state index contributed by atoms with van der Waals surface area (Å²) in [7, 11) is 1.62. The molecule has 1 aliphatic rings. The molecule has 1 fully saturated rings. The molecule has 6 nitrogen and oxygen atoms in total. The first-order chi connectivity index (χ1) is 15.7. The minimum Gasteiger partial charge on any atom is -0.497 e. The first kappa shape index (κ1) is 21.9. The zero-order chi connectivity index (χ0) is 22.3. The van der Waals surface area contributed by atoms with E-state index >= 15 is 0 Å². The first-order valence-corrected chi connectivity index (χ1v) is 11.4. The predicted molar refractivity (Wildman–Crippen MR) is 124 cm³/mol. The Bertz CT molecular complexity index is 1070. The van der Waals surface area contributed by atoms with Gasteiger partial charge in [0.25, 0.3) is 5.91 Å². The molecule has 1 amide bonds. The normalized spacial score (nSPS) is 15.1. The SMILES string of the molecule is COc1ccc(C(C#N)N2CCN(C(=O)c3cccc(OCc4cccs4)c3)CC2)cc1. The van der Waals surface area contributed by atoms with Crippen LogP contribution in [0.5, 0.6) is 11.5 Å². The molecule has 0 saturated carbocycles. The number of rotatable bonds is 7. The number of carbonyl (C=O) groups is 1. The number of nitrogens with zero attached hydrogens (tertiary/aromatic N) is 3. The van der Waals surface area contributed by atoms with Crippen LogP contribution in [-0.4, -0.2) is 49.0 Å². The highest BCUT2D eigenvalue weighted by atomic mass is 32.1. The second-order valence-corrected chi connectivity index (χ2v) is 8.56. The van der Waals surface area contributed by atoms with Gasteiger partial charge in [-0.2, -0.15) is 5.26 Å². The molecule has 164 valence electrons. The molecule has 1 aromatic heterocycles. The summed E-state index contributed by atoms with van der Waals surface area (Å²) in [4.78, 5) is 18.1. The van der Waals surface area contributed by atoms with Crippen LogP contribution in [0.2, 0.25) is 0 Å². The Hall–Kier alpha value is -3.34. The Morgan fingerprint density at radius 2 is 1.84 bits per heavy atom. The van der Waals surface area contributed by atoms with E-state index in [-0.39, 0.29) is 11.9 Å². The smallest absolute Gasteiger partial charge is 0.254 e. The van der Waals surface area contributed by atoms with E-state index in [4.69, 9.17) is 9.47 Å². The zero-order valence-corrected chi connectivity index (χ0v) is 18.8. The average Bonchev–Trinajstić information content (AvgIpc) is 3.38. The van der Waals surface area contributed by atoms with E-state index in [0.29, 0.717) is 44.1 Å². The lowest BCUT2D eigenvalue weighted by Gasteiger charge is -2.37. The van der Waals surface area contributed by atoms with Gasteiger partial charge in [0.1, 0.15) is 24.1 Å². The largest absolute Gasteiger partial charge is 0.497 e. The van der Waals surface area contributed by atoms with Crippen LogP contribution in [0.4, 0.5) is 0 Å². The summed E-state index contributed by atoms with van der Waals surface area (Å²) in [5, 5.41) is 11.8. The number of piperazine rings is 1. The second kappa shape index (κ2) is 10.3. The summed E-state index contributed by atoms with van der Waals surface area (Å²) < 4.78 is 11.0. The molecule has 7 heteroatoms. The lowest BCUT2D eigenvalue weighted by Crippen LogP contribution is -2.49. The molecule has 1 aliphatic heterocycles. The van der Waals surface area contributed by atoms with Crippen LogP contribution in [0.3, 0.4) is 0 Å². The number of nitriles is 1. The average molecular weight is 448 g/mol. The van der Waals surface area contributed by atoms with Crippen molar-refractivity contribution in [3.8, 4) is 17.6 Å². The van der Waals surface area contributed by atoms with E-state index in [1.807, 2.05) is 64.9 Å². The summed E-state index contributed by atoms with van der Waals surface area (Å²) in [6.07, 6.45) is 0. The summed E-state index contributed by atoms with van der Waals surface area (Å²) in [5.74, 6) is 1.44. The summed E-state index contributed by atoms with van der Waals surface area (Å²) in [6.45, 7) is 2.94. The van der Waals surface area contributed by atoms with Crippen LogP contribution in [-0.2, 0) is 6.61 Å². The summed E-state index contributed by atoms with van der Waals surface area (Å²) >= 11 is 1.65. The van der Waals surface area contributed by atoms with Gasteiger partial charge < -0.3 is 14.4 Å². The zero-order valence-electron chi connectivity index (χ0n) is 17.9. The Kier molecular flexibility index (Phi) is 7.05. The van der Waals surface area contributed by atoms with Crippen molar-refractivity contribution in [2.75, 3.05) is 33.3 Å². The van der Waals surface area contributed by atoms with Crippen molar-refractivity contribution in [2.24, 2.45) is 0 Å². The number of benzene rings is 2.